The Morgan fingerprint density at radius 2 is 1.79 bits per heavy atom. The van der Waals surface area contributed by atoms with Crippen molar-refractivity contribution in [2.45, 2.75) is 6.54 Å². The molecule has 0 unspecified atom stereocenters. The fourth-order valence-electron chi connectivity index (χ4n) is 4.33. The molecule has 0 fully saturated rings. The van der Waals surface area contributed by atoms with Crippen LogP contribution in [0.4, 0.5) is 5.69 Å². The van der Waals surface area contributed by atoms with Gasteiger partial charge in [0.25, 0.3) is 5.52 Å². The summed E-state index contributed by atoms with van der Waals surface area (Å²) in [4.78, 5) is 2.18. The van der Waals surface area contributed by atoms with E-state index in [1.54, 1.807) is 0 Å². The Balaban J connectivity index is 1.45. The Kier molecular flexibility index (Phi) is 2.54. The van der Waals surface area contributed by atoms with Gasteiger partial charge >= 0.3 is 5.89 Å². The molecule has 134 valence electrons. The van der Waals surface area contributed by atoms with E-state index in [0.717, 1.165) is 70.1 Å². The minimum Gasteiger partial charge on any atom is -0.456 e. The van der Waals surface area contributed by atoms with E-state index in [0.29, 0.717) is 0 Å². The van der Waals surface area contributed by atoms with Gasteiger partial charge < -0.3 is 18.8 Å². The van der Waals surface area contributed by atoms with Crippen molar-refractivity contribution in [2.24, 2.45) is 0 Å². The van der Waals surface area contributed by atoms with Crippen molar-refractivity contribution in [3.8, 4) is 5.75 Å². The Labute approximate surface area is 160 Å². The van der Waals surface area contributed by atoms with E-state index >= 15 is 0 Å². The molecule has 0 atom stereocenters. The number of aromatic nitrogens is 1. The highest BCUT2D eigenvalue weighted by Gasteiger charge is 2.40. The molecule has 7 rings (SSSR count). The zero-order valence-corrected chi connectivity index (χ0v) is 14.9. The molecule has 4 aliphatic heterocycles. The lowest BCUT2D eigenvalue weighted by Crippen LogP contribution is -2.39. The number of anilines is 1. The van der Waals surface area contributed by atoms with Gasteiger partial charge in [-0.3, -0.25) is 0 Å². The smallest absolute Gasteiger partial charge is 0.385 e. The van der Waals surface area contributed by atoms with Crippen molar-refractivity contribution in [3.05, 3.63) is 95.6 Å². The van der Waals surface area contributed by atoms with Crippen LogP contribution in [0.3, 0.4) is 0 Å². The van der Waals surface area contributed by atoms with Crippen LogP contribution in [0.2, 0.25) is 0 Å². The molecule has 5 heterocycles. The van der Waals surface area contributed by atoms with Crippen molar-refractivity contribution in [1.29, 1.82) is 0 Å². The van der Waals surface area contributed by atoms with Gasteiger partial charge in [-0.15, -0.1) is 0 Å². The monoisotopic (exact) mass is 367 g/mol. The molecular weight excluding hydrogens is 352 g/mol. The van der Waals surface area contributed by atoms with Crippen LogP contribution in [0.1, 0.15) is 5.89 Å². The molecule has 0 bridgehead atoms. The van der Waals surface area contributed by atoms with E-state index < -0.39 is 0 Å². The standard InChI is InChI=1S/C23H15N2O3/c1-3-7-20-16(5-1)24-11-9-18-14(22(24)27-20)13-15-19(26-18)10-12-25-17-6-2-4-8-21(17)28-23(15)25/h1-10,13H,11-12H2/q+1. The van der Waals surface area contributed by atoms with Gasteiger partial charge in [-0.05, 0) is 30.4 Å². The molecule has 5 nitrogen and oxygen atoms in total. The predicted molar refractivity (Wildman–Crippen MR) is 103 cm³/mol. The summed E-state index contributed by atoms with van der Waals surface area (Å²) in [5.74, 6) is 4.20. The van der Waals surface area contributed by atoms with E-state index in [4.69, 9.17) is 13.9 Å². The third-order valence-corrected chi connectivity index (χ3v) is 5.63. The lowest BCUT2D eigenvalue weighted by molar-refractivity contribution is -0.669. The molecular formula is C23H15N2O3+. The van der Waals surface area contributed by atoms with Gasteiger partial charge in [0, 0.05) is 18.7 Å². The number of fused-ring (bicyclic) bond motifs is 9. The molecule has 0 radical (unpaired) electrons. The minimum absolute atomic E-state index is 0.728. The first-order valence-electron chi connectivity index (χ1n) is 9.38. The molecule has 4 aliphatic rings. The quantitative estimate of drug-likeness (QED) is 0.562. The third-order valence-electron chi connectivity index (χ3n) is 5.63. The van der Waals surface area contributed by atoms with Gasteiger partial charge in [-0.25, -0.2) is 0 Å². The van der Waals surface area contributed by atoms with Crippen LogP contribution in [-0.2, 0) is 11.3 Å². The van der Waals surface area contributed by atoms with E-state index in [-0.39, 0.29) is 0 Å². The SMILES string of the molecule is C1=C2OC3=CCN4C(=C3C=C2c2oc3ccccc3[n+]2C1)Oc1ccccc14. The normalized spacial score (nSPS) is 18.7. The first kappa shape index (κ1) is 14.3. The van der Waals surface area contributed by atoms with Crippen molar-refractivity contribution >= 4 is 22.4 Å². The maximum atomic E-state index is 6.27. The molecule has 0 saturated heterocycles. The van der Waals surface area contributed by atoms with Crippen LogP contribution in [0.5, 0.6) is 5.75 Å². The van der Waals surface area contributed by atoms with Crippen LogP contribution in [0.15, 0.2) is 94.2 Å². The Hall–Kier alpha value is -3.73. The summed E-state index contributed by atoms with van der Waals surface area (Å²) in [7, 11) is 0. The average molecular weight is 367 g/mol. The van der Waals surface area contributed by atoms with Gasteiger partial charge in [-0.1, -0.05) is 24.3 Å². The van der Waals surface area contributed by atoms with Gasteiger partial charge in [0.15, 0.2) is 12.3 Å². The van der Waals surface area contributed by atoms with E-state index in [1.807, 2.05) is 36.4 Å². The number of ether oxygens (including phenoxy) is 2. The number of hydrogen-bond acceptors (Lipinski definition) is 4. The van der Waals surface area contributed by atoms with Gasteiger partial charge in [0.2, 0.25) is 11.5 Å². The van der Waals surface area contributed by atoms with E-state index in [2.05, 4.69) is 39.8 Å². The summed E-state index contributed by atoms with van der Waals surface area (Å²) in [5, 5.41) is 0. The lowest BCUT2D eigenvalue weighted by Gasteiger charge is -2.29. The van der Waals surface area contributed by atoms with Gasteiger partial charge in [0.1, 0.15) is 17.1 Å². The molecule has 0 aliphatic carbocycles. The Morgan fingerprint density at radius 3 is 2.79 bits per heavy atom. The van der Waals surface area contributed by atoms with Crippen molar-refractivity contribution in [3.63, 3.8) is 0 Å². The van der Waals surface area contributed by atoms with E-state index in [9.17, 15) is 0 Å². The van der Waals surface area contributed by atoms with Crippen molar-refractivity contribution < 1.29 is 18.5 Å². The summed E-state index contributed by atoms with van der Waals surface area (Å²) in [5.41, 5.74) is 4.94. The van der Waals surface area contributed by atoms with Crippen LogP contribution in [-0.4, -0.2) is 6.54 Å². The summed E-state index contributed by atoms with van der Waals surface area (Å²) in [6.07, 6.45) is 6.35. The lowest BCUT2D eigenvalue weighted by atomic mass is 10.0. The minimum atomic E-state index is 0.728. The Morgan fingerprint density at radius 1 is 0.893 bits per heavy atom. The maximum Gasteiger partial charge on any atom is 0.385 e. The molecule has 0 N–H and O–H groups in total. The van der Waals surface area contributed by atoms with Crippen molar-refractivity contribution in [2.75, 3.05) is 11.4 Å². The van der Waals surface area contributed by atoms with Gasteiger partial charge in [-0.2, -0.15) is 4.57 Å². The first-order chi connectivity index (χ1) is 13.9. The molecule has 0 saturated carbocycles. The van der Waals surface area contributed by atoms with Crippen LogP contribution < -0.4 is 14.2 Å². The van der Waals surface area contributed by atoms with Crippen LogP contribution >= 0.6 is 0 Å². The zero-order chi connectivity index (χ0) is 18.2. The second-order valence-electron chi connectivity index (χ2n) is 7.18. The maximum absolute atomic E-state index is 6.27. The fourth-order valence-corrected chi connectivity index (χ4v) is 4.33. The average Bonchev–Trinajstić information content (AvgIpc) is 3.31. The second kappa shape index (κ2) is 4.95. The highest BCUT2D eigenvalue weighted by Crippen LogP contribution is 2.46. The molecule has 2 aromatic carbocycles. The number of rotatable bonds is 0. The Bertz CT molecular complexity index is 1320. The number of hydrogen-bond donors (Lipinski definition) is 0. The highest BCUT2D eigenvalue weighted by atomic mass is 16.5. The fraction of sp³-hybridized carbons (Fsp3) is 0.0870. The third kappa shape index (κ3) is 1.73. The summed E-state index contributed by atoms with van der Waals surface area (Å²) in [6.45, 7) is 1.46. The molecule has 5 heteroatoms. The largest absolute Gasteiger partial charge is 0.456 e. The molecule has 3 aromatic rings. The highest BCUT2D eigenvalue weighted by molar-refractivity contribution is 5.82. The number of allylic oxidation sites excluding steroid dienone is 3. The molecule has 28 heavy (non-hydrogen) atoms. The predicted octanol–water partition coefficient (Wildman–Crippen LogP) is 4.04. The zero-order valence-electron chi connectivity index (χ0n) is 14.9. The van der Waals surface area contributed by atoms with Gasteiger partial charge in [0.05, 0.1) is 11.3 Å². The van der Waals surface area contributed by atoms with E-state index in [1.165, 1.54) is 0 Å². The molecule has 0 spiro atoms. The number of nitrogens with zero attached hydrogens (tertiary/aromatic N) is 2. The number of para-hydroxylation sites is 4. The summed E-state index contributed by atoms with van der Waals surface area (Å²) < 4.78 is 20.8. The molecule has 1 aromatic heterocycles. The topological polar surface area (TPSA) is 38.7 Å². The summed E-state index contributed by atoms with van der Waals surface area (Å²) >= 11 is 0. The second-order valence-corrected chi connectivity index (χ2v) is 7.18. The number of benzene rings is 2. The summed E-state index contributed by atoms with van der Waals surface area (Å²) in [6, 6.07) is 16.2. The van der Waals surface area contributed by atoms with Crippen LogP contribution in [0, 0.1) is 0 Å². The molecule has 0 amide bonds. The number of oxazole rings is 1. The first-order valence-corrected chi connectivity index (χ1v) is 9.38. The van der Waals surface area contributed by atoms with Crippen LogP contribution in [0.25, 0.3) is 16.7 Å². The van der Waals surface area contributed by atoms with Crippen molar-refractivity contribution in [1.82, 2.24) is 0 Å².